The van der Waals surface area contributed by atoms with Gasteiger partial charge >= 0.3 is 0 Å². The quantitative estimate of drug-likeness (QED) is 0.806. The minimum Gasteiger partial charge on any atom is -0.399 e. The zero-order chi connectivity index (χ0) is 11.5. The summed E-state index contributed by atoms with van der Waals surface area (Å²) in [5, 5.41) is 0. The molecule has 16 heavy (non-hydrogen) atoms. The molecule has 0 unspecified atom stereocenters. The van der Waals surface area contributed by atoms with Crippen molar-refractivity contribution in [1.29, 1.82) is 0 Å². The lowest BCUT2D eigenvalue weighted by Gasteiger charge is -2.03. The number of hydrogen-bond donors (Lipinski definition) is 1. The van der Waals surface area contributed by atoms with Gasteiger partial charge in [0.25, 0.3) is 0 Å². The minimum absolute atomic E-state index is 0.289. The van der Waals surface area contributed by atoms with Crippen molar-refractivity contribution >= 4 is 17.4 Å². The molecule has 82 valence electrons. The predicted octanol–water partition coefficient (Wildman–Crippen LogP) is 3.70. The first-order valence-corrected chi connectivity index (χ1v) is 5.44. The second-order valence-electron chi connectivity index (χ2n) is 3.28. The Morgan fingerprint density at radius 1 is 0.812 bits per heavy atom. The van der Waals surface area contributed by atoms with E-state index in [9.17, 15) is 8.78 Å². The molecule has 0 spiro atoms. The number of hydrogen-bond acceptors (Lipinski definition) is 2. The van der Waals surface area contributed by atoms with Gasteiger partial charge in [-0.3, -0.25) is 0 Å². The summed E-state index contributed by atoms with van der Waals surface area (Å²) >= 11 is 1.34. The van der Waals surface area contributed by atoms with E-state index in [0.29, 0.717) is 10.6 Å². The fourth-order valence-corrected chi connectivity index (χ4v) is 2.19. The van der Waals surface area contributed by atoms with Gasteiger partial charge in [0.05, 0.1) is 0 Å². The molecule has 0 amide bonds. The SMILES string of the molecule is Nc1cc(F)cc(Sc2ccc(F)cc2)c1. The van der Waals surface area contributed by atoms with Gasteiger partial charge in [-0.1, -0.05) is 11.8 Å². The first-order valence-electron chi connectivity index (χ1n) is 4.63. The second kappa shape index (κ2) is 4.53. The average Bonchev–Trinajstić information content (AvgIpc) is 2.20. The molecule has 0 saturated heterocycles. The van der Waals surface area contributed by atoms with Gasteiger partial charge in [0.1, 0.15) is 11.6 Å². The summed E-state index contributed by atoms with van der Waals surface area (Å²) in [6, 6.07) is 10.3. The third-order valence-electron chi connectivity index (χ3n) is 1.94. The Hall–Kier alpha value is -1.55. The van der Waals surface area contributed by atoms with Crippen LogP contribution in [0.2, 0.25) is 0 Å². The summed E-state index contributed by atoms with van der Waals surface area (Å²) in [6.45, 7) is 0. The molecule has 2 N–H and O–H groups in total. The van der Waals surface area contributed by atoms with Crippen molar-refractivity contribution in [2.75, 3.05) is 5.73 Å². The van der Waals surface area contributed by atoms with Crippen molar-refractivity contribution in [3.63, 3.8) is 0 Å². The van der Waals surface area contributed by atoms with Crippen LogP contribution >= 0.6 is 11.8 Å². The van der Waals surface area contributed by atoms with E-state index in [0.717, 1.165) is 4.90 Å². The highest BCUT2D eigenvalue weighted by atomic mass is 32.2. The second-order valence-corrected chi connectivity index (χ2v) is 4.42. The number of benzene rings is 2. The maximum absolute atomic E-state index is 13.0. The van der Waals surface area contributed by atoms with Crippen molar-refractivity contribution in [2.45, 2.75) is 9.79 Å². The van der Waals surface area contributed by atoms with E-state index < -0.39 is 0 Å². The van der Waals surface area contributed by atoms with Gasteiger partial charge in [-0.2, -0.15) is 0 Å². The van der Waals surface area contributed by atoms with Crippen molar-refractivity contribution in [2.24, 2.45) is 0 Å². The molecule has 0 radical (unpaired) electrons. The normalized spacial score (nSPS) is 10.4. The molecule has 2 aromatic carbocycles. The van der Waals surface area contributed by atoms with Crippen molar-refractivity contribution in [1.82, 2.24) is 0 Å². The van der Waals surface area contributed by atoms with Crippen LogP contribution in [0.4, 0.5) is 14.5 Å². The maximum atomic E-state index is 13.0. The monoisotopic (exact) mass is 237 g/mol. The molecule has 0 atom stereocenters. The maximum Gasteiger partial charge on any atom is 0.126 e. The third-order valence-corrected chi connectivity index (χ3v) is 2.92. The smallest absolute Gasteiger partial charge is 0.126 e. The number of halogens is 2. The number of nitrogens with two attached hydrogens (primary N) is 1. The molecular weight excluding hydrogens is 228 g/mol. The highest BCUT2D eigenvalue weighted by Crippen LogP contribution is 2.29. The molecule has 0 aliphatic heterocycles. The summed E-state index contributed by atoms with van der Waals surface area (Å²) in [5.74, 6) is -0.660. The van der Waals surface area contributed by atoms with Crippen molar-refractivity contribution in [3.05, 3.63) is 54.1 Å². The molecule has 0 bridgehead atoms. The van der Waals surface area contributed by atoms with Gasteiger partial charge in [0.2, 0.25) is 0 Å². The average molecular weight is 237 g/mol. The lowest BCUT2D eigenvalue weighted by Crippen LogP contribution is -1.87. The first-order chi connectivity index (χ1) is 7.63. The molecule has 4 heteroatoms. The molecular formula is C12H9F2NS. The summed E-state index contributed by atoms with van der Waals surface area (Å²) in [7, 11) is 0. The van der Waals surface area contributed by atoms with Crippen LogP contribution < -0.4 is 5.73 Å². The fraction of sp³-hybridized carbons (Fsp3) is 0. The molecule has 0 heterocycles. The van der Waals surface area contributed by atoms with Gasteiger partial charge in [-0.15, -0.1) is 0 Å². The van der Waals surface area contributed by atoms with Crippen LogP contribution in [0.5, 0.6) is 0 Å². The van der Waals surface area contributed by atoms with E-state index in [1.807, 2.05) is 0 Å². The molecule has 2 rings (SSSR count). The van der Waals surface area contributed by atoms with Crippen LogP contribution in [0.3, 0.4) is 0 Å². The molecule has 0 saturated carbocycles. The van der Waals surface area contributed by atoms with Crippen LogP contribution in [-0.4, -0.2) is 0 Å². The van der Waals surface area contributed by atoms with E-state index in [1.54, 1.807) is 18.2 Å². The molecule has 2 aromatic rings. The van der Waals surface area contributed by atoms with E-state index >= 15 is 0 Å². The highest BCUT2D eigenvalue weighted by molar-refractivity contribution is 7.99. The Morgan fingerprint density at radius 2 is 1.50 bits per heavy atom. The number of nitrogen functional groups attached to an aromatic ring is 1. The topological polar surface area (TPSA) is 26.0 Å². The standard InChI is InChI=1S/C12H9F2NS/c13-8-1-3-11(4-2-8)16-12-6-9(14)5-10(15)7-12/h1-7H,15H2. The zero-order valence-corrected chi connectivity index (χ0v) is 9.10. The number of rotatable bonds is 2. The first kappa shape index (κ1) is 11.0. The fourth-order valence-electron chi connectivity index (χ4n) is 1.28. The summed E-state index contributed by atoms with van der Waals surface area (Å²) in [4.78, 5) is 1.54. The van der Waals surface area contributed by atoms with Crippen molar-refractivity contribution < 1.29 is 8.78 Å². The van der Waals surface area contributed by atoms with Crippen LogP contribution in [0.25, 0.3) is 0 Å². The largest absolute Gasteiger partial charge is 0.399 e. The van der Waals surface area contributed by atoms with Gasteiger partial charge in [0, 0.05) is 15.5 Å². The Morgan fingerprint density at radius 3 is 2.12 bits per heavy atom. The molecule has 1 nitrogen and oxygen atoms in total. The Balaban J connectivity index is 2.23. The highest BCUT2D eigenvalue weighted by Gasteiger charge is 2.01. The van der Waals surface area contributed by atoms with Gasteiger partial charge in [0.15, 0.2) is 0 Å². The van der Waals surface area contributed by atoms with Crippen LogP contribution in [0.1, 0.15) is 0 Å². The Kier molecular flexibility index (Phi) is 3.10. The van der Waals surface area contributed by atoms with Crippen LogP contribution in [0, 0.1) is 11.6 Å². The van der Waals surface area contributed by atoms with E-state index in [1.165, 1.54) is 36.0 Å². The molecule has 0 aromatic heterocycles. The lowest BCUT2D eigenvalue weighted by molar-refractivity contribution is 0.624. The Bertz CT molecular complexity index is 477. The summed E-state index contributed by atoms with van der Waals surface area (Å²) < 4.78 is 25.7. The molecule has 0 aliphatic carbocycles. The summed E-state index contributed by atoms with van der Waals surface area (Å²) in [6.07, 6.45) is 0. The van der Waals surface area contributed by atoms with Crippen LogP contribution in [0.15, 0.2) is 52.3 Å². The lowest BCUT2D eigenvalue weighted by atomic mass is 10.3. The summed E-state index contributed by atoms with van der Waals surface area (Å²) in [5.41, 5.74) is 5.90. The van der Waals surface area contributed by atoms with E-state index in [-0.39, 0.29) is 11.6 Å². The minimum atomic E-state index is -0.371. The van der Waals surface area contributed by atoms with Crippen molar-refractivity contribution in [3.8, 4) is 0 Å². The molecule has 0 fully saturated rings. The Labute approximate surface area is 96.3 Å². The molecule has 0 aliphatic rings. The van der Waals surface area contributed by atoms with Gasteiger partial charge in [-0.05, 0) is 42.5 Å². The van der Waals surface area contributed by atoms with Crippen LogP contribution in [-0.2, 0) is 0 Å². The third kappa shape index (κ3) is 2.73. The van der Waals surface area contributed by atoms with Gasteiger partial charge < -0.3 is 5.73 Å². The zero-order valence-electron chi connectivity index (χ0n) is 8.28. The van der Waals surface area contributed by atoms with Gasteiger partial charge in [-0.25, -0.2) is 8.78 Å². The number of anilines is 1. The van der Waals surface area contributed by atoms with E-state index in [4.69, 9.17) is 5.73 Å². The predicted molar refractivity (Wildman–Crippen MR) is 61.3 cm³/mol. The van der Waals surface area contributed by atoms with E-state index in [2.05, 4.69) is 0 Å².